The van der Waals surface area contributed by atoms with Crippen molar-refractivity contribution in [1.29, 1.82) is 0 Å². The Bertz CT molecular complexity index is 540. The lowest BCUT2D eigenvalue weighted by Crippen LogP contribution is -2.28. The van der Waals surface area contributed by atoms with Gasteiger partial charge in [-0.25, -0.2) is 0 Å². The number of ether oxygens (including phenoxy) is 2. The summed E-state index contributed by atoms with van der Waals surface area (Å²) in [6.07, 6.45) is 3.98. The fourth-order valence-electron chi connectivity index (χ4n) is 3.51. The number of aryl methyl sites for hydroxylation is 1. The van der Waals surface area contributed by atoms with Crippen LogP contribution in [0.1, 0.15) is 49.8 Å². The summed E-state index contributed by atoms with van der Waals surface area (Å²) in [4.78, 5) is 11.3. The van der Waals surface area contributed by atoms with Gasteiger partial charge in [0.15, 0.2) is 0 Å². The molecule has 0 atom stereocenters. The molecule has 0 bridgehead atoms. The average Bonchev–Trinajstić information content (AvgIpc) is 2.43. The first-order chi connectivity index (χ1) is 9.99. The van der Waals surface area contributed by atoms with Crippen LogP contribution in [0.5, 0.6) is 11.5 Å². The minimum Gasteiger partial charge on any atom is -0.493 e. The van der Waals surface area contributed by atoms with Crippen LogP contribution in [-0.2, 0) is 23.1 Å². The van der Waals surface area contributed by atoms with E-state index in [9.17, 15) is 9.90 Å². The number of carbonyl (C=O) groups is 1. The number of aliphatic carboxylic acids is 1. The van der Waals surface area contributed by atoms with E-state index < -0.39 is 11.4 Å². The van der Waals surface area contributed by atoms with Gasteiger partial charge < -0.3 is 14.6 Å². The summed E-state index contributed by atoms with van der Waals surface area (Å²) in [5.41, 5.74) is 2.90. The van der Waals surface area contributed by atoms with Gasteiger partial charge in [-0.05, 0) is 37.3 Å². The van der Waals surface area contributed by atoms with E-state index in [2.05, 4.69) is 6.07 Å². The van der Waals surface area contributed by atoms with Crippen molar-refractivity contribution in [1.82, 2.24) is 0 Å². The van der Waals surface area contributed by atoms with Crippen LogP contribution in [0.2, 0.25) is 0 Å². The highest BCUT2D eigenvalue weighted by Crippen LogP contribution is 2.46. The highest BCUT2D eigenvalue weighted by molar-refractivity contribution is 5.70. The largest absolute Gasteiger partial charge is 0.493 e. The molecular weight excluding hydrogens is 268 g/mol. The molecule has 3 rings (SSSR count). The van der Waals surface area contributed by atoms with Gasteiger partial charge in [0.2, 0.25) is 0 Å². The zero-order valence-corrected chi connectivity index (χ0v) is 12.7. The Labute approximate surface area is 125 Å². The summed E-state index contributed by atoms with van der Waals surface area (Å²) in [5, 5.41) is 9.25. The van der Waals surface area contributed by atoms with Crippen molar-refractivity contribution in [3.63, 3.8) is 0 Å². The summed E-state index contributed by atoms with van der Waals surface area (Å²) < 4.78 is 11.8. The van der Waals surface area contributed by atoms with Crippen molar-refractivity contribution in [2.75, 3.05) is 13.2 Å². The van der Waals surface area contributed by atoms with Crippen molar-refractivity contribution in [3.8, 4) is 11.5 Å². The fourth-order valence-corrected chi connectivity index (χ4v) is 3.51. The second-order valence-electron chi connectivity index (χ2n) is 6.57. The smallest absolute Gasteiger partial charge is 0.304 e. The molecule has 0 amide bonds. The van der Waals surface area contributed by atoms with Crippen LogP contribution in [0.15, 0.2) is 6.07 Å². The molecule has 0 unspecified atom stereocenters. The van der Waals surface area contributed by atoms with Crippen LogP contribution in [0.4, 0.5) is 0 Å². The molecule has 1 N–H and O–H groups in total. The van der Waals surface area contributed by atoms with Crippen molar-refractivity contribution in [2.24, 2.45) is 0 Å². The van der Waals surface area contributed by atoms with Crippen LogP contribution in [0, 0.1) is 0 Å². The molecule has 2 aliphatic heterocycles. The Balaban J connectivity index is 2.18. The van der Waals surface area contributed by atoms with E-state index in [0.29, 0.717) is 6.61 Å². The highest BCUT2D eigenvalue weighted by Gasteiger charge is 2.35. The van der Waals surface area contributed by atoms with Crippen LogP contribution in [0.3, 0.4) is 0 Å². The van der Waals surface area contributed by atoms with Crippen LogP contribution in [-0.4, -0.2) is 24.3 Å². The monoisotopic (exact) mass is 290 g/mol. The molecule has 0 aliphatic carbocycles. The standard InChI is InChI=1S/C17H22O4/c1-17(2,10-14(18)19)15-12-6-4-7-20-13(12)9-11-5-3-8-21-16(11)15/h9H,3-8,10H2,1-2H3,(H,18,19). The first-order valence-electron chi connectivity index (χ1n) is 7.65. The van der Waals surface area contributed by atoms with E-state index in [-0.39, 0.29) is 6.42 Å². The SMILES string of the molecule is CC(C)(CC(=O)O)c1c2c(cc3c1OCCC3)OCCC2. The Hall–Kier alpha value is -1.71. The third-order valence-corrected chi connectivity index (χ3v) is 4.36. The maximum absolute atomic E-state index is 11.3. The number of carboxylic acid groups (broad SMARTS) is 1. The second kappa shape index (κ2) is 5.24. The lowest BCUT2D eigenvalue weighted by atomic mass is 9.75. The van der Waals surface area contributed by atoms with Crippen LogP contribution < -0.4 is 9.47 Å². The predicted molar refractivity (Wildman–Crippen MR) is 79.4 cm³/mol. The van der Waals surface area contributed by atoms with Gasteiger partial charge in [0.05, 0.1) is 19.6 Å². The number of rotatable bonds is 3. The lowest BCUT2D eigenvalue weighted by Gasteiger charge is -2.34. The number of hydrogen-bond donors (Lipinski definition) is 1. The Morgan fingerprint density at radius 2 is 1.95 bits per heavy atom. The molecule has 1 aromatic rings. The third kappa shape index (κ3) is 2.59. The molecular formula is C17H22O4. The molecule has 114 valence electrons. The Morgan fingerprint density at radius 3 is 2.71 bits per heavy atom. The van der Waals surface area contributed by atoms with Gasteiger partial charge in [-0.2, -0.15) is 0 Å². The minimum absolute atomic E-state index is 0.0965. The fraction of sp³-hybridized carbons (Fsp3) is 0.588. The van der Waals surface area contributed by atoms with Gasteiger partial charge in [0, 0.05) is 16.5 Å². The summed E-state index contributed by atoms with van der Waals surface area (Å²) in [6.45, 7) is 5.43. The van der Waals surface area contributed by atoms with Crippen LogP contribution in [0.25, 0.3) is 0 Å². The van der Waals surface area contributed by atoms with E-state index in [0.717, 1.165) is 60.5 Å². The number of benzene rings is 1. The van der Waals surface area contributed by atoms with Crippen molar-refractivity contribution < 1.29 is 19.4 Å². The molecule has 2 heterocycles. The molecule has 0 saturated carbocycles. The Morgan fingerprint density at radius 1 is 1.24 bits per heavy atom. The molecule has 21 heavy (non-hydrogen) atoms. The first-order valence-corrected chi connectivity index (χ1v) is 7.65. The highest BCUT2D eigenvalue weighted by atomic mass is 16.5. The number of hydrogen-bond acceptors (Lipinski definition) is 3. The molecule has 2 aliphatic rings. The third-order valence-electron chi connectivity index (χ3n) is 4.36. The van der Waals surface area contributed by atoms with Crippen molar-refractivity contribution in [3.05, 3.63) is 22.8 Å². The van der Waals surface area contributed by atoms with E-state index in [1.807, 2.05) is 13.8 Å². The maximum Gasteiger partial charge on any atom is 0.304 e. The Kier molecular flexibility index (Phi) is 3.56. The van der Waals surface area contributed by atoms with Gasteiger partial charge in [-0.15, -0.1) is 0 Å². The molecule has 4 heteroatoms. The van der Waals surface area contributed by atoms with Crippen molar-refractivity contribution in [2.45, 2.75) is 51.4 Å². The molecule has 0 spiro atoms. The number of carboxylic acids is 1. The zero-order valence-electron chi connectivity index (χ0n) is 12.7. The van der Waals surface area contributed by atoms with E-state index in [4.69, 9.17) is 9.47 Å². The molecule has 0 aromatic heterocycles. The maximum atomic E-state index is 11.3. The van der Waals surface area contributed by atoms with Gasteiger partial charge in [-0.1, -0.05) is 13.8 Å². The molecule has 1 aromatic carbocycles. The van der Waals surface area contributed by atoms with Crippen LogP contribution >= 0.6 is 0 Å². The molecule has 0 radical (unpaired) electrons. The topological polar surface area (TPSA) is 55.8 Å². The summed E-state index contributed by atoms with van der Waals surface area (Å²) >= 11 is 0. The zero-order chi connectivity index (χ0) is 15.0. The second-order valence-corrected chi connectivity index (χ2v) is 6.57. The molecule has 0 saturated heterocycles. The summed E-state index contributed by atoms with van der Waals surface area (Å²) in [7, 11) is 0. The minimum atomic E-state index is -0.779. The predicted octanol–water partition coefficient (Wildman–Crippen LogP) is 3.09. The van der Waals surface area contributed by atoms with E-state index in [1.54, 1.807) is 0 Å². The van der Waals surface area contributed by atoms with E-state index in [1.165, 1.54) is 0 Å². The molecule has 4 nitrogen and oxygen atoms in total. The molecule has 0 fully saturated rings. The normalized spacial score (nSPS) is 17.2. The van der Waals surface area contributed by atoms with Gasteiger partial charge in [0.25, 0.3) is 0 Å². The average molecular weight is 290 g/mol. The first kappa shape index (κ1) is 14.2. The summed E-state index contributed by atoms with van der Waals surface area (Å²) in [5.74, 6) is 1.06. The summed E-state index contributed by atoms with van der Waals surface area (Å²) in [6, 6.07) is 2.10. The number of fused-ring (bicyclic) bond motifs is 2. The lowest BCUT2D eigenvalue weighted by molar-refractivity contribution is -0.138. The van der Waals surface area contributed by atoms with E-state index >= 15 is 0 Å². The van der Waals surface area contributed by atoms with Gasteiger partial charge in [0.1, 0.15) is 11.5 Å². The van der Waals surface area contributed by atoms with Crippen molar-refractivity contribution >= 4 is 5.97 Å². The quantitative estimate of drug-likeness (QED) is 0.929. The van der Waals surface area contributed by atoms with Gasteiger partial charge >= 0.3 is 5.97 Å². The van der Waals surface area contributed by atoms with Gasteiger partial charge in [-0.3, -0.25) is 4.79 Å².